The second-order valence-electron chi connectivity index (χ2n) is 7.17. The van der Waals surface area contributed by atoms with E-state index in [2.05, 4.69) is 10.2 Å². The highest BCUT2D eigenvalue weighted by molar-refractivity contribution is 6.30. The Morgan fingerprint density at radius 2 is 1.65 bits per heavy atom. The third-order valence-corrected chi connectivity index (χ3v) is 5.31. The Hall–Kier alpha value is -3.70. The van der Waals surface area contributed by atoms with Gasteiger partial charge in [-0.05, 0) is 54.3 Å². The van der Waals surface area contributed by atoms with Gasteiger partial charge in [0.1, 0.15) is 5.69 Å². The summed E-state index contributed by atoms with van der Waals surface area (Å²) >= 11 is 6.05. The molecule has 0 unspecified atom stereocenters. The minimum absolute atomic E-state index is 0.151. The number of carbonyl (C=O) groups is 1. The van der Waals surface area contributed by atoms with Crippen molar-refractivity contribution >= 4 is 45.3 Å². The summed E-state index contributed by atoms with van der Waals surface area (Å²) in [6, 6.07) is 23.7. The van der Waals surface area contributed by atoms with E-state index in [-0.39, 0.29) is 22.9 Å². The smallest absolute Gasteiger partial charge is 0.261 e. The highest BCUT2D eigenvalue weighted by atomic mass is 35.5. The topological polar surface area (TPSA) is 65.3 Å². The molecule has 154 valence electrons. The predicted octanol–water partition coefficient (Wildman–Crippen LogP) is 7.20. The third-order valence-electron chi connectivity index (χ3n) is 5.07. The highest BCUT2D eigenvalue weighted by Gasteiger charge is 2.22. The molecule has 0 fully saturated rings. The zero-order valence-corrected chi connectivity index (χ0v) is 17.8. The van der Waals surface area contributed by atoms with Crippen LogP contribution in [0.3, 0.4) is 0 Å². The number of hydrogen-bond donors (Lipinski definition) is 1. The van der Waals surface area contributed by atoms with Crippen LogP contribution in [0.1, 0.15) is 15.9 Å². The van der Waals surface area contributed by atoms with E-state index in [1.54, 1.807) is 31.3 Å². The van der Waals surface area contributed by atoms with Crippen LogP contribution in [0.15, 0.2) is 89.1 Å². The van der Waals surface area contributed by atoms with E-state index in [0.29, 0.717) is 21.8 Å². The lowest BCUT2D eigenvalue weighted by Crippen LogP contribution is -2.27. The first-order valence-corrected chi connectivity index (χ1v) is 10.1. The average Bonchev–Trinajstić information content (AvgIpc) is 2.78. The Labute approximate surface area is 185 Å². The molecule has 0 saturated carbocycles. The number of hydrogen-bond acceptors (Lipinski definition) is 4. The number of nitrogens with zero attached hydrogens (tertiary/aromatic N) is 3. The lowest BCUT2D eigenvalue weighted by atomic mass is 10.0. The molecule has 1 N–H and O–H groups in total. The van der Waals surface area contributed by atoms with Crippen molar-refractivity contribution in [2.75, 3.05) is 11.9 Å². The van der Waals surface area contributed by atoms with Crippen LogP contribution >= 0.6 is 11.6 Å². The summed E-state index contributed by atoms with van der Waals surface area (Å²) in [5.74, 6) is -0.563. The number of carbonyl (C=O) groups excluding carboxylic acids is 1. The lowest BCUT2D eigenvalue weighted by molar-refractivity contribution is 0.0990. The maximum absolute atomic E-state index is 13.3. The van der Waals surface area contributed by atoms with Gasteiger partial charge in [0.05, 0.1) is 11.3 Å². The third kappa shape index (κ3) is 4.13. The average molecular weight is 430 g/mol. The maximum Gasteiger partial charge on any atom is 0.261 e. The molecular weight excluding hydrogens is 410 g/mol. The number of rotatable bonds is 4. The molecular formula is C25H20ClN3O2. The van der Waals surface area contributed by atoms with Crippen molar-refractivity contribution in [1.82, 2.24) is 0 Å². The van der Waals surface area contributed by atoms with Crippen molar-refractivity contribution in [2.45, 2.75) is 6.92 Å². The predicted molar refractivity (Wildman–Crippen MR) is 125 cm³/mol. The first-order chi connectivity index (χ1) is 15.0. The molecule has 0 aliphatic rings. The molecule has 0 heterocycles. The van der Waals surface area contributed by atoms with Crippen LogP contribution < -0.4 is 4.90 Å². The molecule has 0 radical (unpaired) electrons. The van der Waals surface area contributed by atoms with Gasteiger partial charge < -0.3 is 10.0 Å². The van der Waals surface area contributed by atoms with Crippen LogP contribution in [0.25, 0.3) is 10.8 Å². The normalized spacial score (nSPS) is 11.2. The molecule has 0 aliphatic carbocycles. The summed E-state index contributed by atoms with van der Waals surface area (Å²) in [5.41, 5.74) is 2.61. The molecule has 0 bridgehead atoms. The molecule has 0 aromatic heterocycles. The molecule has 1 amide bonds. The summed E-state index contributed by atoms with van der Waals surface area (Å²) in [7, 11) is 1.67. The van der Waals surface area contributed by atoms with Crippen LogP contribution in [-0.2, 0) is 0 Å². The number of fused-ring (bicyclic) bond motifs is 1. The van der Waals surface area contributed by atoms with Crippen molar-refractivity contribution in [3.8, 4) is 5.75 Å². The van der Waals surface area contributed by atoms with E-state index in [1.165, 1.54) is 4.90 Å². The molecule has 0 atom stereocenters. The van der Waals surface area contributed by atoms with Crippen LogP contribution in [0.2, 0.25) is 5.02 Å². The number of halogens is 1. The number of anilines is 1. The summed E-state index contributed by atoms with van der Waals surface area (Å²) in [6.45, 7) is 1.88. The van der Waals surface area contributed by atoms with Crippen molar-refractivity contribution in [2.24, 2.45) is 10.2 Å². The SMILES string of the molecule is Cc1cc(Cl)ccc1N(C)C(=O)c1cc2ccccc2c(/N=N/c2ccccc2)c1O. The highest BCUT2D eigenvalue weighted by Crippen LogP contribution is 2.40. The molecule has 0 saturated heterocycles. The fourth-order valence-electron chi connectivity index (χ4n) is 3.47. The van der Waals surface area contributed by atoms with Gasteiger partial charge in [-0.15, -0.1) is 5.11 Å². The maximum atomic E-state index is 13.3. The fraction of sp³-hybridized carbons (Fsp3) is 0.0800. The van der Waals surface area contributed by atoms with Gasteiger partial charge in [-0.25, -0.2) is 0 Å². The van der Waals surface area contributed by atoms with Gasteiger partial charge in [-0.2, -0.15) is 5.11 Å². The number of aromatic hydroxyl groups is 1. The van der Waals surface area contributed by atoms with Crippen LogP contribution in [0.4, 0.5) is 17.1 Å². The zero-order valence-electron chi connectivity index (χ0n) is 17.1. The Balaban J connectivity index is 1.82. The van der Waals surface area contributed by atoms with E-state index in [0.717, 1.165) is 10.9 Å². The number of amides is 1. The zero-order chi connectivity index (χ0) is 22.0. The van der Waals surface area contributed by atoms with Gasteiger partial charge in [0.2, 0.25) is 0 Å². The molecule has 4 aromatic rings. The van der Waals surface area contributed by atoms with E-state index in [9.17, 15) is 9.90 Å². The summed E-state index contributed by atoms with van der Waals surface area (Å²) < 4.78 is 0. The molecule has 0 spiro atoms. The van der Waals surface area contributed by atoms with Gasteiger partial charge in [0.15, 0.2) is 5.75 Å². The Kier molecular flexibility index (Phi) is 5.69. The molecule has 4 rings (SSSR count). The van der Waals surface area contributed by atoms with Crippen molar-refractivity contribution in [3.63, 3.8) is 0 Å². The van der Waals surface area contributed by atoms with Crippen LogP contribution in [0.5, 0.6) is 5.75 Å². The number of phenolic OH excluding ortho intramolecular Hbond substituents is 1. The molecule has 4 aromatic carbocycles. The number of benzene rings is 4. The molecule has 0 aliphatic heterocycles. The number of phenols is 1. The number of azo groups is 1. The Morgan fingerprint density at radius 1 is 0.935 bits per heavy atom. The van der Waals surface area contributed by atoms with Crippen molar-refractivity contribution in [3.05, 3.63) is 95.0 Å². The van der Waals surface area contributed by atoms with Gasteiger partial charge in [-0.3, -0.25) is 4.79 Å². The Bertz CT molecular complexity index is 1300. The van der Waals surface area contributed by atoms with E-state index < -0.39 is 0 Å². The number of aryl methyl sites for hydroxylation is 1. The van der Waals surface area contributed by atoms with Gasteiger partial charge in [0, 0.05) is 23.1 Å². The molecule has 31 heavy (non-hydrogen) atoms. The standard InChI is InChI=1S/C25H20ClN3O2/c1-16-14-18(26)12-13-22(16)29(2)25(31)21-15-17-8-6-7-11-20(17)23(24(21)30)28-27-19-9-4-3-5-10-19/h3-15,30H,1-2H3/b28-27+. The van der Waals surface area contributed by atoms with E-state index >= 15 is 0 Å². The van der Waals surface area contributed by atoms with E-state index in [4.69, 9.17) is 11.6 Å². The monoisotopic (exact) mass is 429 g/mol. The van der Waals surface area contributed by atoms with Gasteiger partial charge in [-0.1, -0.05) is 54.1 Å². The fourth-order valence-corrected chi connectivity index (χ4v) is 3.70. The van der Waals surface area contributed by atoms with Crippen LogP contribution in [-0.4, -0.2) is 18.1 Å². The van der Waals surface area contributed by atoms with Crippen molar-refractivity contribution in [1.29, 1.82) is 0 Å². The Morgan fingerprint density at radius 3 is 2.39 bits per heavy atom. The summed E-state index contributed by atoms with van der Waals surface area (Å²) in [4.78, 5) is 14.8. The lowest BCUT2D eigenvalue weighted by Gasteiger charge is -2.21. The van der Waals surface area contributed by atoms with E-state index in [1.807, 2.05) is 61.5 Å². The van der Waals surface area contributed by atoms with Crippen LogP contribution in [0, 0.1) is 6.92 Å². The summed E-state index contributed by atoms with van der Waals surface area (Å²) in [5, 5.41) is 21.6. The van der Waals surface area contributed by atoms with Gasteiger partial charge >= 0.3 is 0 Å². The molecule has 6 heteroatoms. The minimum atomic E-state index is -0.357. The first kappa shape index (κ1) is 20.6. The van der Waals surface area contributed by atoms with Crippen molar-refractivity contribution < 1.29 is 9.90 Å². The second-order valence-corrected chi connectivity index (χ2v) is 7.61. The van der Waals surface area contributed by atoms with Gasteiger partial charge in [0.25, 0.3) is 5.91 Å². The molecule has 5 nitrogen and oxygen atoms in total. The second kappa shape index (κ2) is 8.58. The minimum Gasteiger partial charge on any atom is -0.505 e. The largest absolute Gasteiger partial charge is 0.505 e. The quantitative estimate of drug-likeness (QED) is 0.348. The first-order valence-electron chi connectivity index (χ1n) is 9.71. The summed E-state index contributed by atoms with van der Waals surface area (Å²) in [6.07, 6.45) is 0.